The van der Waals surface area contributed by atoms with Crippen molar-refractivity contribution >= 4 is 0 Å². The van der Waals surface area contributed by atoms with Crippen LogP contribution in [0.4, 0.5) is 0 Å². The molecule has 0 aliphatic rings. The van der Waals surface area contributed by atoms with E-state index in [-0.39, 0.29) is 0 Å². The van der Waals surface area contributed by atoms with Crippen molar-refractivity contribution in [3.05, 3.63) is 0 Å². The lowest BCUT2D eigenvalue weighted by Gasteiger charge is -2.08. The summed E-state index contributed by atoms with van der Waals surface area (Å²) >= 11 is 0. The van der Waals surface area contributed by atoms with E-state index in [9.17, 15) is 0 Å². The Balaban J connectivity index is 2.89. The summed E-state index contributed by atoms with van der Waals surface area (Å²) in [5.74, 6) is 0.705. The first-order valence-electron chi connectivity index (χ1n) is 4.03. The summed E-state index contributed by atoms with van der Waals surface area (Å²) in [5, 5.41) is 3.03. The van der Waals surface area contributed by atoms with E-state index in [1.165, 1.54) is 6.42 Å². The Morgan fingerprint density at radius 2 is 2.20 bits per heavy atom. The highest BCUT2D eigenvalue weighted by atomic mass is 16.5. The predicted molar refractivity (Wildman–Crippen MR) is 44.2 cm³/mol. The van der Waals surface area contributed by atoms with Crippen molar-refractivity contribution in [3.8, 4) is 0 Å². The fraction of sp³-hybridized carbons (Fsp3) is 1.00. The minimum atomic E-state index is 0.705. The summed E-state index contributed by atoms with van der Waals surface area (Å²) in [4.78, 5) is 0. The number of rotatable bonds is 6. The first-order chi connectivity index (χ1) is 4.81. The number of likely N-dealkylation sites (N-methyl/N-ethyl adjacent to an activating group) is 1. The zero-order valence-corrected chi connectivity index (χ0v) is 7.31. The number of nitrogens with one attached hydrogen (secondary N) is 1. The van der Waals surface area contributed by atoms with E-state index in [0.29, 0.717) is 5.92 Å². The lowest BCUT2D eigenvalue weighted by molar-refractivity contribution is 0.106. The Kier molecular flexibility index (Phi) is 6.98. The molecule has 0 fully saturated rings. The van der Waals surface area contributed by atoms with Crippen LogP contribution in [0, 0.1) is 5.92 Å². The predicted octanol–water partition coefficient (Wildman–Crippen LogP) is 1.27. The topological polar surface area (TPSA) is 21.3 Å². The second kappa shape index (κ2) is 7.03. The standard InChI is InChI=1S/C8H19NO/c1-4-8(2)7-10-6-5-9-3/h8-9H,4-7H2,1-3H3. The van der Waals surface area contributed by atoms with Crippen LogP contribution in [-0.2, 0) is 4.74 Å². The zero-order chi connectivity index (χ0) is 7.82. The van der Waals surface area contributed by atoms with E-state index in [4.69, 9.17) is 4.74 Å². The fourth-order valence-electron chi connectivity index (χ4n) is 0.577. The lowest BCUT2D eigenvalue weighted by atomic mass is 10.1. The maximum absolute atomic E-state index is 5.36. The first kappa shape index (κ1) is 9.92. The van der Waals surface area contributed by atoms with Crippen LogP contribution in [0.5, 0.6) is 0 Å². The molecule has 1 N–H and O–H groups in total. The molecule has 0 rings (SSSR count). The van der Waals surface area contributed by atoms with Gasteiger partial charge in [-0.1, -0.05) is 20.3 Å². The maximum atomic E-state index is 5.36. The molecule has 0 heterocycles. The molecule has 10 heavy (non-hydrogen) atoms. The third-order valence-electron chi connectivity index (χ3n) is 1.60. The molecular formula is C8H19NO. The zero-order valence-electron chi connectivity index (χ0n) is 7.31. The van der Waals surface area contributed by atoms with Gasteiger partial charge in [0.1, 0.15) is 0 Å². The molecule has 0 aromatic rings. The smallest absolute Gasteiger partial charge is 0.0590 e. The van der Waals surface area contributed by atoms with Gasteiger partial charge in [-0.25, -0.2) is 0 Å². The summed E-state index contributed by atoms with van der Waals surface area (Å²) in [6, 6.07) is 0. The van der Waals surface area contributed by atoms with Gasteiger partial charge >= 0.3 is 0 Å². The molecule has 0 amide bonds. The van der Waals surface area contributed by atoms with Crippen molar-refractivity contribution in [1.29, 1.82) is 0 Å². The molecular weight excluding hydrogens is 126 g/mol. The monoisotopic (exact) mass is 145 g/mol. The van der Waals surface area contributed by atoms with Crippen LogP contribution in [0.1, 0.15) is 20.3 Å². The summed E-state index contributed by atoms with van der Waals surface area (Å²) < 4.78 is 5.36. The minimum absolute atomic E-state index is 0.705. The van der Waals surface area contributed by atoms with Crippen LogP contribution in [-0.4, -0.2) is 26.8 Å². The SMILES string of the molecule is CCC(C)COCCNC. The summed E-state index contributed by atoms with van der Waals surface area (Å²) in [7, 11) is 1.94. The van der Waals surface area contributed by atoms with Crippen LogP contribution < -0.4 is 5.32 Å². The summed E-state index contributed by atoms with van der Waals surface area (Å²) in [6.07, 6.45) is 1.21. The summed E-state index contributed by atoms with van der Waals surface area (Å²) in [6.45, 7) is 7.08. The Bertz CT molecular complexity index is 66.3. The Morgan fingerprint density at radius 1 is 1.50 bits per heavy atom. The van der Waals surface area contributed by atoms with E-state index in [1.807, 2.05) is 7.05 Å². The van der Waals surface area contributed by atoms with Gasteiger partial charge in [0.05, 0.1) is 6.61 Å². The lowest BCUT2D eigenvalue weighted by Crippen LogP contribution is -2.16. The maximum Gasteiger partial charge on any atom is 0.0590 e. The molecule has 0 aromatic carbocycles. The highest BCUT2D eigenvalue weighted by Gasteiger charge is 1.96. The third-order valence-corrected chi connectivity index (χ3v) is 1.60. The van der Waals surface area contributed by atoms with Crippen LogP contribution in [0.25, 0.3) is 0 Å². The van der Waals surface area contributed by atoms with Crippen LogP contribution in [0.2, 0.25) is 0 Å². The molecule has 0 radical (unpaired) electrons. The van der Waals surface area contributed by atoms with Crippen molar-refractivity contribution in [2.75, 3.05) is 26.8 Å². The van der Waals surface area contributed by atoms with Gasteiger partial charge in [0.25, 0.3) is 0 Å². The molecule has 1 unspecified atom stereocenters. The average Bonchev–Trinajstić information content (AvgIpc) is 1.98. The van der Waals surface area contributed by atoms with Gasteiger partial charge in [0, 0.05) is 13.2 Å². The van der Waals surface area contributed by atoms with Gasteiger partial charge in [-0.15, -0.1) is 0 Å². The Morgan fingerprint density at radius 3 is 2.70 bits per heavy atom. The minimum Gasteiger partial charge on any atom is -0.380 e. The Hall–Kier alpha value is -0.0800. The molecule has 2 nitrogen and oxygen atoms in total. The van der Waals surface area contributed by atoms with Crippen molar-refractivity contribution in [2.45, 2.75) is 20.3 Å². The van der Waals surface area contributed by atoms with E-state index in [1.54, 1.807) is 0 Å². The molecule has 0 aromatic heterocycles. The molecule has 0 aliphatic carbocycles. The van der Waals surface area contributed by atoms with Crippen molar-refractivity contribution < 1.29 is 4.74 Å². The van der Waals surface area contributed by atoms with Crippen LogP contribution >= 0.6 is 0 Å². The molecule has 0 spiro atoms. The molecule has 0 bridgehead atoms. The molecule has 62 valence electrons. The second-order valence-electron chi connectivity index (χ2n) is 2.69. The van der Waals surface area contributed by atoms with Crippen molar-refractivity contribution in [1.82, 2.24) is 5.32 Å². The summed E-state index contributed by atoms with van der Waals surface area (Å²) in [5.41, 5.74) is 0. The highest BCUT2D eigenvalue weighted by molar-refractivity contribution is 4.46. The first-order valence-corrected chi connectivity index (χ1v) is 4.03. The molecule has 2 heteroatoms. The van der Waals surface area contributed by atoms with Gasteiger partial charge in [0.15, 0.2) is 0 Å². The van der Waals surface area contributed by atoms with Crippen molar-refractivity contribution in [2.24, 2.45) is 5.92 Å². The van der Waals surface area contributed by atoms with Gasteiger partial charge in [-0.05, 0) is 13.0 Å². The van der Waals surface area contributed by atoms with E-state index in [0.717, 1.165) is 19.8 Å². The van der Waals surface area contributed by atoms with Crippen LogP contribution in [0.3, 0.4) is 0 Å². The quantitative estimate of drug-likeness (QED) is 0.568. The van der Waals surface area contributed by atoms with Gasteiger partial charge < -0.3 is 10.1 Å². The third kappa shape index (κ3) is 6.05. The van der Waals surface area contributed by atoms with Gasteiger partial charge in [0.2, 0.25) is 0 Å². The number of ether oxygens (including phenoxy) is 1. The largest absolute Gasteiger partial charge is 0.380 e. The van der Waals surface area contributed by atoms with Crippen molar-refractivity contribution in [3.63, 3.8) is 0 Å². The normalized spacial score (nSPS) is 13.5. The second-order valence-corrected chi connectivity index (χ2v) is 2.69. The van der Waals surface area contributed by atoms with Gasteiger partial charge in [-0.2, -0.15) is 0 Å². The molecule has 0 saturated heterocycles. The van der Waals surface area contributed by atoms with E-state index < -0.39 is 0 Å². The number of hydrogen-bond acceptors (Lipinski definition) is 2. The fourth-order valence-corrected chi connectivity index (χ4v) is 0.577. The molecule has 0 saturated carbocycles. The van der Waals surface area contributed by atoms with Crippen LogP contribution in [0.15, 0.2) is 0 Å². The number of hydrogen-bond donors (Lipinski definition) is 1. The van der Waals surface area contributed by atoms with E-state index >= 15 is 0 Å². The molecule has 0 aliphatic heterocycles. The highest BCUT2D eigenvalue weighted by Crippen LogP contribution is 1.99. The molecule has 1 atom stereocenters. The van der Waals surface area contributed by atoms with Gasteiger partial charge in [-0.3, -0.25) is 0 Å². The average molecular weight is 145 g/mol. The Labute approximate surface area is 64.0 Å². The van der Waals surface area contributed by atoms with E-state index in [2.05, 4.69) is 19.2 Å².